The summed E-state index contributed by atoms with van der Waals surface area (Å²) in [5.74, 6) is 0.633. The summed E-state index contributed by atoms with van der Waals surface area (Å²) in [4.78, 5) is 14.1. The van der Waals surface area contributed by atoms with Gasteiger partial charge in [0.05, 0.1) is 6.10 Å². The van der Waals surface area contributed by atoms with Crippen molar-refractivity contribution in [1.29, 1.82) is 0 Å². The van der Waals surface area contributed by atoms with Crippen LogP contribution in [-0.2, 0) is 0 Å². The van der Waals surface area contributed by atoms with Gasteiger partial charge in [0.2, 0.25) is 0 Å². The summed E-state index contributed by atoms with van der Waals surface area (Å²) in [6.07, 6.45) is 1.50. The molecule has 22 heavy (non-hydrogen) atoms. The maximum atomic E-state index is 12.2. The number of aryl methyl sites for hydroxylation is 1. The van der Waals surface area contributed by atoms with Crippen LogP contribution in [0.1, 0.15) is 43.7 Å². The van der Waals surface area contributed by atoms with Gasteiger partial charge in [-0.3, -0.25) is 0 Å². The molecule has 0 radical (unpaired) electrons. The molecule has 0 saturated carbocycles. The van der Waals surface area contributed by atoms with E-state index < -0.39 is 0 Å². The van der Waals surface area contributed by atoms with Crippen LogP contribution in [0.3, 0.4) is 0 Å². The van der Waals surface area contributed by atoms with Crippen LogP contribution in [0.15, 0.2) is 24.3 Å². The number of nitrogens with one attached hydrogen (secondary N) is 1. The molecule has 1 heterocycles. The molecule has 122 valence electrons. The number of hydrogen-bond acceptors (Lipinski definition) is 2. The first-order valence-electron chi connectivity index (χ1n) is 8.24. The van der Waals surface area contributed by atoms with E-state index in [1.807, 2.05) is 11.8 Å². The van der Waals surface area contributed by atoms with Gasteiger partial charge in [-0.2, -0.15) is 0 Å². The third-order valence-electron chi connectivity index (χ3n) is 4.68. The number of amides is 2. The third-order valence-corrected chi connectivity index (χ3v) is 4.68. The lowest BCUT2D eigenvalue weighted by Gasteiger charge is -2.33. The van der Waals surface area contributed by atoms with Crippen molar-refractivity contribution in [3.63, 3.8) is 0 Å². The summed E-state index contributed by atoms with van der Waals surface area (Å²) >= 11 is 0. The van der Waals surface area contributed by atoms with E-state index in [0.717, 1.165) is 25.9 Å². The van der Waals surface area contributed by atoms with Gasteiger partial charge in [-0.25, -0.2) is 4.79 Å². The van der Waals surface area contributed by atoms with Gasteiger partial charge in [0.15, 0.2) is 0 Å². The lowest BCUT2D eigenvalue weighted by Crippen LogP contribution is -2.46. The minimum absolute atomic E-state index is 0.0172. The number of nitrogens with zero attached hydrogens (tertiary/aromatic N) is 1. The average molecular weight is 304 g/mol. The van der Waals surface area contributed by atoms with Gasteiger partial charge < -0.3 is 15.3 Å². The standard InChI is InChI=1S/C18H28N2O2/c1-13-5-4-6-17(11-13)14(2)12-19-18(22)20-9-7-16(8-10-20)15(3)21/h4-6,11,14-16,21H,7-10,12H2,1-3H3,(H,19,22). The number of urea groups is 1. The number of piperidine rings is 1. The van der Waals surface area contributed by atoms with Crippen LogP contribution >= 0.6 is 0 Å². The lowest BCUT2D eigenvalue weighted by molar-refractivity contribution is 0.0798. The van der Waals surface area contributed by atoms with Crippen molar-refractivity contribution in [2.24, 2.45) is 5.92 Å². The highest BCUT2D eigenvalue weighted by Crippen LogP contribution is 2.21. The Kier molecular flexibility index (Phi) is 5.83. The number of hydrogen-bond donors (Lipinski definition) is 2. The van der Waals surface area contributed by atoms with Gasteiger partial charge in [-0.15, -0.1) is 0 Å². The van der Waals surface area contributed by atoms with Crippen molar-refractivity contribution >= 4 is 6.03 Å². The maximum Gasteiger partial charge on any atom is 0.317 e. The Morgan fingerprint density at radius 2 is 2.05 bits per heavy atom. The minimum atomic E-state index is -0.272. The van der Waals surface area contributed by atoms with Crippen molar-refractivity contribution in [2.75, 3.05) is 19.6 Å². The van der Waals surface area contributed by atoms with E-state index in [4.69, 9.17) is 0 Å². The van der Waals surface area contributed by atoms with Crippen molar-refractivity contribution in [2.45, 2.75) is 45.6 Å². The predicted molar refractivity (Wildman–Crippen MR) is 89.0 cm³/mol. The molecular formula is C18H28N2O2. The smallest absolute Gasteiger partial charge is 0.317 e. The summed E-state index contributed by atoms with van der Waals surface area (Å²) in [7, 11) is 0. The molecule has 1 aromatic rings. The number of rotatable bonds is 4. The first kappa shape index (κ1) is 16.8. The number of likely N-dealkylation sites (tertiary alicyclic amines) is 1. The summed E-state index contributed by atoms with van der Waals surface area (Å²) in [6.45, 7) is 8.18. The Morgan fingerprint density at radius 3 is 2.64 bits per heavy atom. The summed E-state index contributed by atoms with van der Waals surface area (Å²) < 4.78 is 0. The molecule has 4 heteroatoms. The summed E-state index contributed by atoms with van der Waals surface area (Å²) in [5.41, 5.74) is 2.50. The Morgan fingerprint density at radius 1 is 1.36 bits per heavy atom. The van der Waals surface area contributed by atoms with E-state index in [0.29, 0.717) is 18.4 Å². The average Bonchev–Trinajstić information content (AvgIpc) is 2.52. The van der Waals surface area contributed by atoms with E-state index in [-0.39, 0.29) is 12.1 Å². The molecule has 1 aliphatic rings. The molecule has 0 bridgehead atoms. The van der Waals surface area contributed by atoms with Crippen LogP contribution < -0.4 is 5.32 Å². The molecule has 0 aromatic heterocycles. The molecule has 2 rings (SSSR count). The zero-order valence-corrected chi connectivity index (χ0v) is 13.9. The van der Waals surface area contributed by atoms with E-state index in [2.05, 4.69) is 43.4 Å². The van der Waals surface area contributed by atoms with Gasteiger partial charge >= 0.3 is 6.03 Å². The van der Waals surface area contributed by atoms with Crippen LogP contribution in [0.4, 0.5) is 4.79 Å². The highest BCUT2D eigenvalue weighted by Gasteiger charge is 2.25. The normalized spacial score (nSPS) is 18.8. The minimum Gasteiger partial charge on any atom is -0.393 e. The third kappa shape index (κ3) is 4.47. The molecule has 1 aromatic carbocycles. The second kappa shape index (κ2) is 7.63. The van der Waals surface area contributed by atoms with Gasteiger partial charge in [0.25, 0.3) is 0 Å². The largest absolute Gasteiger partial charge is 0.393 e. The quantitative estimate of drug-likeness (QED) is 0.898. The van der Waals surface area contributed by atoms with Crippen LogP contribution in [0.2, 0.25) is 0 Å². The molecule has 2 N–H and O–H groups in total. The Labute approximate surface area is 133 Å². The van der Waals surface area contributed by atoms with Crippen LogP contribution in [0.5, 0.6) is 0 Å². The zero-order chi connectivity index (χ0) is 16.1. The van der Waals surface area contributed by atoms with Crippen LogP contribution in [0, 0.1) is 12.8 Å². The number of aliphatic hydroxyl groups excluding tert-OH is 1. The van der Waals surface area contributed by atoms with Gasteiger partial charge in [0, 0.05) is 19.6 Å². The van der Waals surface area contributed by atoms with Gasteiger partial charge in [0.1, 0.15) is 0 Å². The topological polar surface area (TPSA) is 52.6 Å². The second-order valence-electron chi connectivity index (χ2n) is 6.57. The molecule has 2 atom stereocenters. The van der Waals surface area contributed by atoms with E-state index in [9.17, 15) is 9.90 Å². The monoisotopic (exact) mass is 304 g/mol. The number of carbonyl (C=O) groups excluding carboxylic acids is 1. The first-order valence-corrected chi connectivity index (χ1v) is 8.24. The SMILES string of the molecule is Cc1cccc(C(C)CNC(=O)N2CCC(C(C)O)CC2)c1. The molecule has 2 unspecified atom stereocenters. The van der Waals surface area contributed by atoms with E-state index in [1.54, 1.807) is 0 Å². The number of carbonyl (C=O) groups is 1. The van der Waals surface area contributed by atoms with E-state index >= 15 is 0 Å². The van der Waals surface area contributed by atoms with Crippen molar-refractivity contribution < 1.29 is 9.90 Å². The molecule has 4 nitrogen and oxygen atoms in total. The predicted octanol–water partition coefficient (Wildman–Crippen LogP) is 2.90. The highest BCUT2D eigenvalue weighted by molar-refractivity contribution is 5.74. The number of aliphatic hydroxyl groups is 1. The van der Waals surface area contributed by atoms with Crippen LogP contribution in [-0.4, -0.2) is 41.8 Å². The Bertz CT molecular complexity index is 494. The van der Waals surface area contributed by atoms with Crippen molar-refractivity contribution in [3.05, 3.63) is 35.4 Å². The van der Waals surface area contributed by atoms with Crippen LogP contribution in [0.25, 0.3) is 0 Å². The second-order valence-corrected chi connectivity index (χ2v) is 6.57. The molecule has 0 spiro atoms. The fourth-order valence-corrected chi connectivity index (χ4v) is 3.03. The number of benzene rings is 1. The molecule has 1 saturated heterocycles. The first-order chi connectivity index (χ1) is 10.5. The highest BCUT2D eigenvalue weighted by atomic mass is 16.3. The van der Waals surface area contributed by atoms with E-state index in [1.165, 1.54) is 11.1 Å². The maximum absolute atomic E-state index is 12.2. The Hall–Kier alpha value is -1.55. The van der Waals surface area contributed by atoms with Crippen molar-refractivity contribution in [3.8, 4) is 0 Å². The summed E-state index contributed by atoms with van der Waals surface area (Å²) in [5, 5.41) is 12.6. The van der Waals surface area contributed by atoms with Crippen molar-refractivity contribution in [1.82, 2.24) is 10.2 Å². The Balaban J connectivity index is 1.78. The van der Waals surface area contributed by atoms with Gasteiger partial charge in [-0.05, 0) is 44.1 Å². The molecule has 1 fully saturated rings. The zero-order valence-electron chi connectivity index (χ0n) is 13.9. The van der Waals surface area contributed by atoms with Gasteiger partial charge in [-0.1, -0.05) is 36.8 Å². The fraction of sp³-hybridized carbons (Fsp3) is 0.611. The molecular weight excluding hydrogens is 276 g/mol. The fourth-order valence-electron chi connectivity index (χ4n) is 3.03. The molecule has 1 aliphatic heterocycles. The lowest BCUT2D eigenvalue weighted by atomic mass is 9.92. The molecule has 0 aliphatic carbocycles. The molecule has 2 amide bonds. The summed E-state index contributed by atoms with van der Waals surface area (Å²) in [6, 6.07) is 8.44.